The molecule has 0 spiro atoms. The van der Waals surface area contributed by atoms with E-state index in [9.17, 15) is 10.2 Å². The number of fused-ring (bicyclic) bond motifs is 1. The van der Waals surface area contributed by atoms with Gasteiger partial charge in [-0.05, 0) is 44.2 Å². The fraction of sp³-hybridized carbons (Fsp3) is 0.500. The van der Waals surface area contributed by atoms with Gasteiger partial charge in [-0.25, -0.2) is 0 Å². The van der Waals surface area contributed by atoms with E-state index in [1.807, 2.05) is 12.1 Å². The monoisotopic (exact) mass is 231 g/mol. The molecule has 0 unspecified atom stereocenters. The molecule has 2 aliphatic rings. The van der Waals surface area contributed by atoms with Gasteiger partial charge in [0, 0.05) is 17.2 Å². The predicted octanol–water partition coefficient (Wildman–Crippen LogP) is 2.46. The fourth-order valence-electron chi connectivity index (χ4n) is 3.08. The molecule has 2 atom stereocenters. The maximum atomic E-state index is 10.5. The summed E-state index contributed by atoms with van der Waals surface area (Å²) in [5, 5.41) is 20.3. The minimum atomic E-state index is -0.865. The molecule has 0 amide bonds. The average molecular weight is 231 g/mol. The Balaban J connectivity index is 2.00. The zero-order valence-corrected chi connectivity index (χ0v) is 9.76. The Morgan fingerprint density at radius 2 is 2.06 bits per heavy atom. The molecule has 1 aliphatic heterocycles. The Bertz CT molecular complexity index is 469. The van der Waals surface area contributed by atoms with E-state index in [1.54, 1.807) is 12.1 Å². The van der Waals surface area contributed by atoms with Gasteiger partial charge in [-0.15, -0.1) is 0 Å². The summed E-state index contributed by atoms with van der Waals surface area (Å²) in [4.78, 5) is 4.52. The molecule has 1 aliphatic carbocycles. The van der Waals surface area contributed by atoms with Crippen molar-refractivity contribution >= 4 is 5.71 Å². The summed E-state index contributed by atoms with van der Waals surface area (Å²) in [5.74, 6) is 0.573. The molecule has 1 aromatic carbocycles. The van der Waals surface area contributed by atoms with Gasteiger partial charge in [-0.3, -0.25) is 4.99 Å². The summed E-state index contributed by atoms with van der Waals surface area (Å²) in [7, 11) is 0. The van der Waals surface area contributed by atoms with Gasteiger partial charge in [0.05, 0.1) is 0 Å². The van der Waals surface area contributed by atoms with Crippen LogP contribution >= 0.6 is 0 Å². The van der Waals surface area contributed by atoms with Crippen LogP contribution in [0.15, 0.2) is 29.3 Å². The molecule has 1 saturated carbocycles. The first-order valence-electron chi connectivity index (χ1n) is 6.28. The molecule has 0 radical (unpaired) electrons. The lowest BCUT2D eigenvalue weighted by Gasteiger charge is -2.32. The van der Waals surface area contributed by atoms with Crippen molar-refractivity contribution in [2.45, 2.75) is 37.8 Å². The number of nitrogens with zero attached hydrogens (tertiary/aromatic N) is 1. The normalized spacial score (nSPS) is 32.1. The number of aromatic hydroxyl groups is 1. The minimum Gasteiger partial charge on any atom is -0.507 e. The molecule has 17 heavy (non-hydrogen) atoms. The van der Waals surface area contributed by atoms with Gasteiger partial charge in [-0.1, -0.05) is 12.1 Å². The summed E-state index contributed by atoms with van der Waals surface area (Å²) in [6, 6.07) is 7.23. The Labute approximate surface area is 101 Å². The van der Waals surface area contributed by atoms with Crippen LogP contribution in [0.4, 0.5) is 0 Å². The summed E-state index contributed by atoms with van der Waals surface area (Å²) in [5.41, 5.74) is 0.755. The molecule has 90 valence electrons. The maximum Gasteiger partial charge on any atom is 0.159 e. The SMILES string of the molecule is Oc1ccccc1C1=N[C@@]2(O)CCC[C@@H]2CC1. The third-order valence-corrected chi connectivity index (χ3v) is 4.02. The van der Waals surface area contributed by atoms with Crippen LogP contribution in [0.25, 0.3) is 0 Å². The number of rotatable bonds is 1. The third kappa shape index (κ3) is 1.75. The van der Waals surface area contributed by atoms with Gasteiger partial charge < -0.3 is 10.2 Å². The van der Waals surface area contributed by atoms with Crippen LogP contribution in [-0.4, -0.2) is 21.6 Å². The van der Waals surface area contributed by atoms with Gasteiger partial charge in [0.25, 0.3) is 0 Å². The van der Waals surface area contributed by atoms with E-state index >= 15 is 0 Å². The lowest BCUT2D eigenvalue weighted by atomic mass is 9.88. The second-order valence-electron chi connectivity index (χ2n) is 5.08. The number of hydrogen-bond acceptors (Lipinski definition) is 3. The van der Waals surface area contributed by atoms with Crippen molar-refractivity contribution in [2.75, 3.05) is 0 Å². The lowest BCUT2D eigenvalue weighted by Crippen LogP contribution is -2.36. The molecule has 3 nitrogen and oxygen atoms in total. The number of hydrogen-bond donors (Lipinski definition) is 2. The average Bonchev–Trinajstić information content (AvgIpc) is 2.70. The molecule has 1 fully saturated rings. The molecule has 1 heterocycles. The second kappa shape index (κ2) is 3.84. The highest BCUT2D eigenvalue weighted by Gasteiger charge is 2.43. The number of phenolic OH excluding ortho intramolecular Hbond substituents is 1. The van der Waals surface area contributed by atoms with Crippen LogP contribution in [0.5, 0.6) is 5.75 Å². The van der Waals surface area contributed by atoms with E-state index in [4.69, 9.17) is 0 Å². The Hall–Kier alpha value is -1.35. The maximum absolute atomic E-state index is 10.5. The van der Waals surface area contributed by atoms with Gasteiger partial charge >= 0.3 is 0 Å². The summed E-state index contributed by atoms with van der Waals surface area (Å²) in [6.07, 6.45) is 4.72. The summed E-state index contributed by atoms with van der Waals surface area (Å²) in [6.45, 7) is 0. The van der Waals surface area contributed by atoms with Crippen LogP contribution in [0.2, 0.25) is 0 Å². The molecule has 0 aromatic heterocycles. The lowest BCUT2D eigenvalue weighted by molar-refractivity contribution is 0.00387. The quantitative estimate of drug-likeness (QED) is 0.780. The molecule has 3 heteroatoms. The van der Waals surface area contributed by atoms with Crippen molar-refractivity contribution in [3.8, 4) is 5.75 Å². The first kappa shape index (κ1) is 10.8. The van der Waals surface area contributed by atoms with Gasteiger partial charge in [0.15, 0.2) is 5.72 Å². The topological polar surface area (TPSA) is 52.8 Å². The number of phenols is 1. The molecular weight excluding hydrogens is 214 g/mol. The highest BCUT2D eigenvalue weighted by Crippen LogP contribution is 2.43. The van der Waals surface area contributed by atoms with E-state index in [2.05, 4.69) is 4.99 Å². The Morgan fingerprint density at radius 3 is 2.88 bits per heavy atom. The van der Waals surface area contributed by atoms with Gasteiger partial charge in [0.2, 0.25) is 0 Å². The standard InChI is InChI=1S/C14H17NO2/c16-13-6-2-1-5-11(13)12-8-7-10-4-3-9-14(10,17)15-12/h1-2,5-6,10,16-17H,3-4,7-9H2/t10-,14-/m1/s1. The highest BCUT2D eigenvalue weighted by molar-refractivity contribution is 6.03. The largest absolute Gasteiger partial charge is 0.507 e. The molecule has 0 saturated heterocycles. The highest BCUT2D eigenvalue weighted by atomic mass is 16.3. The van der Waals surface area contributed by atoms with E-state index < -0.39 is 5.72 Å². The van der Waals surface area contributed by atoms with E-state index in [-0.39, 0.29) is 5.75 Å². The van der Waals surface area contributed by atoms with E-state index in [0.717, 1.165) is 43.4 Å². The molecule has 1 aromatic rings. The van der Waals surface area contributed by atoms with E-state index in [1.165, 1.54) is 0 Å². The van der Waals surface area contributed by atoms with Crippen LogP contribution in [0, 0.1) is 5.92 Å². The Morgan fingerprint density at radius 1 is 1.24 bits per heavy atom. The van der Waals surface area contributed by atoms with E-state index in [0.29, 0.717) is 5.92 Å². The van der Waals surface area contributed by atoms with Crippen molar-refractivity contribution in [3.05, 3.63) is 29.8 Å². The van der Waals surface area contributed by atoms with Crippen molar-refractivity contribution < 1.29 is 10.2 Å². The molecule has 2 N–H and O–H groups in total. The van der Waals surface area contributed by atoms with Crippen molar-refractivity contribution in [1.29, 1.82) is 0 Å². The zero-order chi connectivity index (χ0) is 11.9. The third-order valence-electron chi connectivity index (χ3n) is 4.02. The van der Waals surface area contributed by atoms with Crippen molar-refractivity contribution in [1.82, 2.24) is 0 Å². The number of aliphatic hydroxyl groups is 1. The Kier molecular flexibility index (Phi) is 2.44. The minimum absolute atomic E-state index is 0.256. The first-order chi connectivity index (χ1) is 8.19. The van der Waals surface area contributed by atoms with Crippen LogP contribution < -0.4 is 0 Å². The zero-order valence-electron chi connectivity index (χ0n) is 9.76. The van der Waals surface area contributed by atoms with Crippen LogP contribution in [0.3, 0.4) is 0 Å². The van der Waals surface area contributed by atoms with Crippen LogP contribution in [-0.2, 0) is 0 Å². The molecule has 3 rings (SSSR count). The first-order valence-corrected chi connectivity index (χ1v) is 6.28. The number of benzene rings is 1. The summed E-state index contributed by atoms with van der Waals surface area (Å²) < 4.78 is 0. The van der Waals surface area contributed by atoms with Gasteiger partial charge in [0.1, 0.15) is 5.75 Å². The molecule has 0 bridgehead atoms. The van der Waals surface area contributed by atoms with Crippen molar-refractivity contribution in [3.63, 3.8) is 0 Å². The summed E-state index contributed by atoms with van der Waals surface area (Å²) >= 11 is 0. The number of para-hydroxylation sites is 1. The molecular formula is C14H17NO2. The van der Waals surface area contributed by atoms with Gasteiger partial charge in [-0.2, -0.15) is 0 Å². The van der Waals surface area contributed by atoms with Crippen molar-refractivity contribution in [2.24, 2.45) is 10.9 Å². The number of aliphatic imine (C=N–C) groups is 1. The smallest absolute Gasteiger partial charge is 0.159 e. The fourth-order valence-corrected chi connectivity index (χ4v) is 3.08. The van der Waals surface area contributed by atoms with Crippen LogP contribution in [0.1, 0.15) is 37.7 Å². The predicted molar refractivity (Wildman–Crippen MR) is 66.2 cm³/mol. The second-order valence-corrected chi connectivity index (χ2v) is 5.08.